The second-order valence-corrected chi connectivity index (χ2v) is 7.51. The number of rotatable bonds is 2. The molecule has 26 heavy (non-hydrogen) atoms. The van der Waals surface area contributed by atoms with Gasteiger partial charge in [-0.25, -0.2) is 5.32 Å². The Kier molecular flexibility index (Phi) is 3.20. The average Bonchev–Trinajstić information content (AvgIpc) is 2.91. The fourth-order valence-corrected chi connectivity index (χ4v) is 4.30. The summed E-state index contributed by atoms with van der Waals surface area (Å²) in [6.45, 7) is 4.61. The summed E-state index contributed by atoms with van der Waals surface area (Å²) < 4.78 is 0. The van der Waals surface area contributed by atoms with Gasteiger partial charge in [-0.15, -0.1) is 0 Å². The number of fused-ring (bicyclic) bond motifs is 4. The van der Waals surface area contributed by atoms with Gasteiger partial charge in [-0.3, -0.25) is 0 Å². The van der Waals surface area contributed by atoms with Gasteiger partial charge in [0, 0.05) is 5.41 Å². The number of nitrogens with zero attached hydrogens (tertiary/aromatic N) is 1. The maximum Gasteiger partial charge on any atom is 0.0683 e. The van der Waals surface area contributed by atoms with Crippen LogP contribution >= 0.6 is 0 Å². The minimum absolute atomic E-state index is 0.0388. The van der Waals surface area contributed by atoms with E-state index in [2.05, 4.69) is 98.8 Å². The summed E-state index contributed by atoms with van der Waals surface area (Å²) in [5.74, 6) is 0. The van der Waals surface area contributed by atoms with Crippen LogP contribution in [0.4, 0.5) is 11.4 Å². The van der Waals surface area contributed by atoms with Gasteiger partial charge in [-0.2, -0.15) is 0 Å². The Bertz CT molecular complexity index is 1140. The monoisotopic (exact) mass is 334 g/mol. The Morgan fingerprint density at radius 2 is 1.38 bits per heavy atom. The van der Waals surface area contributed by atoms with Gasteiger partial charge < -0.3 is 0 Å². The van der Waals surface area contributed by atoms with E-state index < -0.39 is 0 Å². The molecule has 0 saturated heterocycles. The molecule has 0 unspecified atom stereocenters. The molecule has 4 aromatic carbocycles. The predicted octanol–water partition coefficient (Wildman–Crippen LogP) is 6.71. The average molecular weight is 334 g/mol. The molecule has 1 nitrogen and oxygen atoms in total. The number of hydrogen-bond donors (Lipinski definition) is 0. The highest BCUT2D eigenvalue weighted by atomic mass is 14.9. The third kappa shape index (κ3) is 2.17. The molecule has 0 amide bonds. The SMILES string of the molecule is CC1(C)c2ccccc2-c2cccc([N]c3ccc4ccccc4c3)c21. The molecular formula is C25H20N. The van der Waals surface area contributed by atoms with Gasteiger partial charge in [0.05, 0.1) is 11.4 Å². The summed E-state index contributed by atoms with van der Waals surface area (Å²) in [6.07, 6.45) is 0. The molecule has 0 atom stereocenters. The Morgan fingerprint density at radius 1 is 0.654 bits per heavy atom. The minimum atomic E-state index is -0.0388. The summed E-state index contributed by atoms with van der Waals surface area (Å²) in [4.78, 5) is 0. The van der Waals surface area contributed by atoms with Crippen molar-refractivity contribution < 1.29 is 0 Å². The lowest BCUT2D eigenvalue weighted by Gasteiger charge is -2.24. The molecule has 5 rings (SSSR count). The Balaban J connectivity index is 1.63. The van der Waals surface area contributed by atoms with E-state index in [1.54, 1.807) is 0 Å². The van der Waals surface area contributed by atoms with Gasteiger partial charge in [0.1, 0.15) is 0 Å². The van der Waals surface area contributed by atoms with Crippen LogP contribution in [-0.4, -0.2) is 0 Å². The molecule has 0 aromatic heterocycles. The first-order valence-electron chi connectivity index (χ1n) is 9.08. The van der Waals surface area contributed by atoms with E-state index in [-0.39, 0.29) is 5.41 Å². The van der Waals surface area contributed by atoms with Gasteiger partial charge in [0.25, 0.3) is 0 Å². The van der Waals surface area contributed by atoms with E-state index >= 15 is 0 Å². The van der Waals surface area contributed by atoms with Gasteiger partial charge in [0.15, 0.2) is 0 Å². The molecule has 0 aliphatic heterocycles. The first-order valence-corrected chi connectivity index (χ1v) is 9.08. The molecule has 1 heteroatoms. The van der Waals surface area contributed by atoms with Crippen LogP contribution < -0.4 is 5.32 Å². The van der Waals surface area contributed by atoms with Crippen LogP contribution in [0, 0.1) is 0 Å². The normalized spacial score (nSPS) is 14.1. The fourth-order valence-electron chi connectivity index (χ4n) is 4.30. The zero-order chi connectivity index (χ0) is 17.7. The number of hydrogen-bond acceptors (Lipinski definition) is 0. The van der Waals surface area contributed by atoms with E-state index in [0.717, 1.165) is 11.4 Å². The zero-order valence-electron chi connectivity index (χ0n) is 15.0. The zero-order valence-corrected chi connectivity index (χ0v) is 15.0. The number of benzene rings is 4. The smallest absolute Gasteiger partial charge is 0.0683 e. The van der Waals surface area contributed by atoms with Crippen molar-refractivity contribution in [3.8, 4) is 11.1 Å². The van der Waals surface area contributed by atoms with Crippen LogP contribution in [0.15, 0.2) is 84.9 Å². The summed E-state index contributed by atoms with van der Waals surface area (Å²) >= 11 is 0. The van der Waals surface area contributed by atoms with Crippen molar-refractivity contribution in [3.63, 3.8) is 0 Å². The van der Waals surface area contributed by atoms with Gasteiger partial charge >= 0.3 is 0 Å². The molecular weight excluding hydrogens is 314 g/mol. The van der Waals surface area contributed by atoms with Crippen molar-refractivity contribution in [1.29, 1.82) is 0 Å². The third-order valence-corrected chi connectivity index (χ3v) is 5.54. The lowest BCUT2D eigenvalue weighted by Crippen LogP contribution is -2.16. The van der Waals surface area contributed by atoms with Crippen LogP contribution in [0.1, 0.15) is 25.0 Å². The molecule has 0 fully saturated rings. The highest BCUT2D eigenvalue weighted by molar-refractivity contribution is 5.87. The van der Waals surface area contributed by atoms with E-state index in [0.29, 0.717) is 0 Å². The molecule has 4 aromatic rings. The summed E-state index contributed by atoms with van der Waals surface area (Å²) in [6, 6.07) is 30.1. The Labute approximate surface area is 154 Å². The van der Waals surface area contributed by atoms with Crippen LogP contribution in [0.3, 0.4) is 0 Å². The molecule has 1 aliphatic carbocycles. The van der Waals surface area contributed by atoms with Crippen molar-refractivity contribution in [2.75, 3.05) is 0 Å². The first kappa shape index (κ1) is 15.2. The quantitative estimate of drug-likeness (QED) is 0.386. The summed E-state index contributed by atoms with van der Waals surface area (Å²) in [7, 11) is 0. The van der Waals surface area contributed by atoms with Crippen LogP contribution in [0.2, 0.25) is 0 Å². The van der Waals surface area contributed by atoms with Crippen LogP contribution in [0.25, 0.3) is 21.9 Å². The topological polar surface area (TPSA) is 14.1 Å². The summed E-state index contributed by atoms with van der Waals surface area (Å²) in [5.41, 5.74) is 7.40. The Morgan fingerprint density at radius 3 is 2.27 bits per heavy atom. The lowest BCUT2D eigenvalue weighted by molar-refractivity contribution is 0.658. The van der Waals surface area contributed by atoms with Crippen molar-refractivity contribution >= 4 is 22.1 Å². The first-order chi connectivity index (χ1) is 12.6. The largest absolute Gasteiger partial charge is 0.249 e. The predicted molar refractivity (Wildman–Crippen MR) is 109 cm³/mol. The van der Waals surface area contributed by atoms with E-state index in [1.165, 1.54) is 33.0 Å². The van der Waals surface area contributed by atoms with Gasteiger partial charge in [0.2, 0.25) is 0 Å². The van der Waals surface area contributed by atoms with Crippen molar-refractivity contribution in [2.45, 2.75) is 19.3 Å². The van der Waals surface area contributed by atoms with E-state index in [1.807, 2.05) is 0 Å². The van der Waals surface area contributed by atoms with Crippen molar-refractivity contribution in [1.82, 2.24) is 5.32 Å². The molecule has 0 saturated carbocycles. The standard InChI is InChI=1S/C25H20N/c1-25(2)22-12-6-5-10-20(22)21-11-7-13-23(24(21)25)26-19-15-14-17-8-3-4-9-18(17)16-19/h3-16H,1-2H3. The molecule has 1 radical (unpaired) electrons. The molecule has 0 spiro atoms. The van der Waals surface area contributed by atoms with Crippen LogP contribution in [0.5, 0.6) is 0 Å². The van der Waals surface area contributed by atoms with E-state index in [4.69, 9.17) is 5.32 Å². The maximum absolute atomic E-state index is 5.04. The molecule has 125 valence electrons. The minimum Gasteiger partial charge on any atom is -0.249 e. The highest BCUT2D eigenvalue weighted by Gasteiger charge is 2.37. The van der Waals surface area contributed by atoms with Crippen molar-refractivity contribution in [2.24, 2.45) is 0 Å². The van der Waals surface area contributed by atoms with Crippen molar-refractivity contribution in [3.05, 3.63) is 96.1 Å². The van der Waals surface area contributed by atoms with Gasteiger partial charge in [-0.1, -0.05) is 80.6 Å². The Hall–Kier alpha value is -3.06. The van der Waals surface area contributed by atoms with Gasteiger partial charge in [-0.05, 0) is 51.2 Å². The third-order valence-electron chi connectivity index (χ3n) is 5.54. The molecule has 0 N–H and O–H groups in total. The van der Waals surface area contributed by atoms with E-state index in [9.17, 15) is 0 Å². The maximum atomic E-state index is 5.04. The summed E-state index contributed by atoms with van der Waals surface area (Å²) in [5, 5.41) is 7.51. The molecule has 1 aliphatic rings. The molecule has 0 heterocycles. The van der Waals surface area contributed by atoms with Crippen LogP contribution in [-0.2, 0) is 5.41 Å². The fraction of sp³-hybridized carbons (Fsp3) is 0.120. The molecule has 0 bridgehead atoms. The second kappa shape index (κ2) is 5.47. The second-order valence-electron chi connectivity index (χ2n) is 7.51. The lowest BCUT2D eigenvalue weighted by atomic mass is 9.81. The highest BCUT2D eigenvalue weighted by Crippen LogP contribution is 2.51.